The summed E-state index contributed by atoms with van der Waals surface area (Å²) in [5.74, 6) is -6.56. The van der Waals surface area contributed by atoms with Crippen molar-refractivity contribution < 1.29 is 43.9 Å². The molecule has 2 fully saturated rings. The van der Waals surface area contributed by atoms with Crippen LogP contribution in [0.2, 0.25) is 0 Å². The molecule has 4 atom stereocenters. The quantitative estimate of drug-likeness (QED) is 0.432. The van der Waals surface area contributed by atoms with Gasteiger partial charge in [0.15, 0.2) is 5.60 Å². The largest absolute Gasteiger partial charge is 0.448 e. The zero-order valence-electron chi connectivity index (χ0n) is 12.7. The monoisotopic (exact) mass is 332 g/mol. The maximum Gasteiger partial charge on any atom is 0.415 e. The van der Waals surface area contributed by atoms with Crippen LogP contribution in [-0.2, 0) is 28.6 Å². The molecule has 0 radical (unpaired) electrons. The van der Waals surface area contributed by atoms with Crippen molar-refractivity contribution in [3.8, 4) is 0 Å². The third kappa shape index (κ3) is 3.62. The van der Waals surface area contributed by atoms with E-state index in [0.717, 1.165) is 12.8 Å². The molecule has 9 heteroatoms. The molecule has 0 saturated carbocycles. The van der Waals surface area contributed by atoms with E-state index in [-0.39, 0.29) is 6.42 Å². The first-order chi connectivity index (χ1) is 10.7. The molecule has 0 aromatic heterocycles. The summed E-state index contributed by atoms with van der Waals surface area (Å²) < 4.78 is 14.2. The molecular formula is C14H20O9. The third-order valence-corrected chi connectivity index (χ3v) is 3.82. The Kier molecular flexibility index (Phi) is 4.92. The predicted octanol–water partition coefficient (Wildman–Crippen LogP) is -0.890. The average Bonchev–Trinajstić information content (AvgIpc) is 2.48. The number of rotatable bonds is 5. The lowest BCUT2D eigenvalue weighted by Gasteiger charge is -2.36. The molecule has 23 heavy (non-hydrogen) atoms. The van der Waals surface area contributed by atoms with Crippen LogP contribution in [0.4, 0.5) is 0 Å². The Morgan fingerprint density at radius 3 is 2.43 bits per heavy atom. The average molecular weight is 332 g/mol. The molecule has 0 spiro atoms. The summed E-state index contributed by atoms with van der Waals surface area (Å²) in [6.45, 7) is 1.95. The summed E-state index contributed by atoms with van der Waals surface area (Å²) >= 11 is 0. The Hall–Kier alpha value is -1.71. The first-order valence-electron chi connectivity index (χ1n) is 7.48. The summed E-state index contributed by atoms with van der Waals surface area (Å²) in [7, 11) is 0. The van der Waals surface area contributed by atoms with Gasteiger partial charge in [0, 0.05) is 0 Å². The van der Waals surface area contributed by atoms with Crippen LogP contribution in [0.25, 0.3) is 0 Å². The number of unbranched alkanes of at least 4 members (excludes halogenated alkanes) is 2. The van der Waals surface area contributed by atoms with Crippen LogP contribution in [0, 0.1) is 0 Å². The maximum absolute atomic E-state index is 11.9. The molecule has 0 aromatic carbocycles. The molecule has 0 aromatic rings. The van der Waals surface area contributed by atoms with Gasteiger partial charge in [-0.05, 0) is 6.42 Å². The smallest absolute Gasteiger partial charge is 0.415 e. The van der Waals surface area contributed by atoms with E-state index in [1.54, 1.807) is 0 Å². The number of carbonyl (C=O) groups excluding carboxylic acids is 3. The van der Waals surface area contributed by atoms with Crippen LogP contribution >= 0.6 is 0 Å². The predicted molar refractivity (Wildman–Crippen MR) is 71.3 cm³/mol. The van der Waals surface area contributed by atoms with E-state index in [1.807, 2.05) is 6.92 Å². The Morgan fingerprint density at radius 2 is 1.78 bits per heavy atom. The van der Waals surface area contributed by atoms with Crippen LogP contribution in [0.3, 0.4) is 0 Å². The van der Waals surface area contributed by atoms with Gasteiger partial charge in [-0.25, -0.2) is 4.79 Å². The van der Waals surface area contributed by atoms with Gasteiger partial charge in [0.1, 0.15) is 6.10 Å². The lowest BCUT2D eigenvalue weighted by atomic mass is 9.95. The molecule has 2 bridgehead atoms. The summed E-state index contributed by atoms with van der Waals surface area (Å²) in [4.78, 5) is 35.5. The second-order valence-corrected chi connectivity index (χ2v) is 5.85. The molecule has 2 heterocycles. The van der Waals surface area contributed by atoms with Gasteiger partial charge in [-0.2, -0.15) is 0 Å². The minimum Gasteiger partial charge on any atom is -0.448 e. The number of cyclic esters (lactones) is 1. The van der Waals surface area contributed by atoms with E-state index in [9.17, 15) is 29.7 Å². The van der Waals surface area contributed by atoms with Crippen molar-refractivity contribution in [2.75, 3.05) is 0 Å². The Morgan fingerprint density at radius 1 is 1.13 bits per heavy atom. The second kappa shape index (κ2) is 6.42. The van der Waals surface area contributed by atoms with E-state index >= 15 is 0 Å². The molecule has 2 saturated heterocycles. The fourth-order valence-electron chi connectivity index (χ4n) is 2.58. The van der Waals surface area contributed by atoms with Crippen molar-refractivity contribution in [3.05, 3.63) is 0 Å². The fourth-order valence-corrected chi connectivity index (χ4v) is 2.58. The molecule has 2 aliphatic heterocycles. The number of hydrogen-bond acceptors (Lipinski definition) is 9. The summed E-state index contributed by atoms with van der Waals surface area (Å²) in [6, 6.07) is 0. The normalized spacial score (nSPS) is 35.5. The van der Waals surface area contributed by atoms with Gasteiger partial charge < -0.3 is 29.5 Å². The lowest BCUT2D eigenvalue weighted by molar-refractivity contribution is -0.372. The van der Waals surface area contributed by atoms with E-state index in [2.05, 4.69) is 9.47 Å². The van der Waals surface area contributed by atoms with Crippen molar-refractivity contribution in [1.29, 1.82) is 0 Å². The van der Waals surface area contributed by atoms with E-state index in [1.165, 1.54) is 0 Å². The van der Waals surface area contributed by atoms with Crippen LogP contribution in [-0.4, -0.2) is 57.0 Å². The van der Waals surface area contributed by atoms with E-state index in [4.69, 9.17) is 4.74 Å². The van der Waals surface area contributed by atoms with Crippen LogP contribution < -0.4 is 0 Å². The zero-order valence-corrected chi connectivity index (χ0v) is 12.7. The molecule has 2 rings (SSSR count). The molecular weight excluding hydrogens is 312 g/mol. The molecule has 0 amide bonds. The van der Waals surface area contributed by atoms with Crippen molar-refractivity contribution >= 4 is 17.9 Å². The number of aliphatic hydroxyl groups is 3. The molecule has 130 valence electrons. The number of hydrogen-bond donors (Lipinski definition) is 3. The molecule has 4 unspecified atom stereocenters. The van der Waals surface area contributed by atoms with E-state index in [0.29, 0.717) is 6.42 Å². The topological polar surface area (TPSA) is 140 Å². The van der Waals surface area contributed by atoms with Gasteiger partial charge in [-0.3, -0.25) is 9.59 Å². The van der Waals surface area contributed by atoms with Crippen LogP contribution in [0.5, 0.6) is 0 Å². The number of carbonyl (C=O) groups is 3. The molecule has 3 N–H and O–H groups in total. The van der Waals surface area contributed by atoms with Crippen LogP contribution in [0.1, 0.15) is 45.4 Å². The lowest BCUT2D eigenvalue weighted by Crippen LogP contribution is -2.58. The van der Waals surface area contributed by atoms with Gasteiger partial charge in [0.25, 0.3) is 0 Å². The number of fused-ring (bicyclic) bond motifs is 3. The van der Waals surface area contributed by atoms with E-state index < -0.39 is 54.5 Å². The first-order valence-corrected chi connectivity index (χ1v) is 7.48. The third-order valence-electron chi connectivity index (χ3n) is 3.82. The molecule has 9 nitrogen and oxygen atoms in total. The highest BCUT2D eigenvalue weighted by Crippen LogP contribution is 2.35. The van der Waals surface area contributed by atoms with Gasteiger partial charge in [-0.15, -0.1) is 0 Å². The minimum atomic E-state index is -2.97. The Balaban J connectivity index is 2.30. The van der Waals surface area contributed by atoms with Crippen molar-refractivity contribution in [2.45, 2.75) is 69.2 Å². The standard InChI is InChI=1S/C14H20O9/c1-2-3-4-5-8(15)11-14(20)22-10(17)7-13(19,12(18)23-14)6-9(16)21-11/h8,11,15,19-20H,2-7H2,1H3. The van der Waals surface area contributed by atoms with Crippen LogP contribution in [0.15, 0.2) is 0 Å². The Labute approximate surface area is 132 Å². The van der Waals surface area contributed by atoms with Crippen molar-refractivity contribution in [3.63, 3.8) is 0 Å². The zero-order chi connectivity index (χ0) is 17.3. The minimum absolute atomic E-state index is 0.132. The first kappa shape index (κ1) is 17.6. The number of ether oxygens (including phenoxy) is 3. The SMILES string of the molecule is CCCCCC(O)C1OC(=O)CC2(O)CC(=O)OC1(O)OC2=O. The van der Waals surface area contributed by atoms with Gasteiger partial charge in [0.05, 0.1) is 12.8 Å². The number of esters is 3. The summed E-state index contributed by atoms with van der Waals surface area (Å²) in [6.07, 6.45) is -2.55. The van der Waals surface area contributed by atoms with Gasteiger partial charge in [-0.1, -0.05) is 26.2 Å². The molecule has 2 aliphatic rings. The highest BCUT2D eigenvalue weighted by Gasteiger charge is 2.60. The summed E-state index contributed by atoms with van der Waals surface area (Å²) in [5.41, 5.74) is -2.46. The highest BCUT2D eigenvalue weighted by molar-refractivity contribution is 5.92. The van der Waals surface area contributed by atoms with Gasteiger partial charge in [0.2, 0.25) is 6.10 Å². The number of aliphatic hydroxyl groups excluding tert-OH is 1. The second-order valence-electron chi connectivity index (χ2n) is 5.85. The highest BCUT2D eigenvalue weighted by atomic mass is 16.9. The fraction of sp³-hybridized carbons (Fsp3) is 0.786. The Bertz CT molecular complexity index is 504. The van der Waals surface area contributed by atoms with Crippen molar-refractivity contribution in [2.24, 2.45) is 0 Å². The maximum atomic E-state index is 11.9. The van der Waals surface area contributed by atoms with Crippen molar-refractivity contribution in [1.82, 2.24) is 0 Å². The summed E-state index contributed by atoms with van der Waals surface area (Å²) in [5, 5.41) is 30.6. The molecule has 0 aliphatic carbocycles. The van der Waals surface area contributed by atoms with Gasteiger partial charge >= 0.3 is 23.9 Å².